The standard InChI is InChI=1S/C22H20N4OS/c1-26(13-19-7-4-6-17-5-2-3-8-20(17)19)21(27)18-11-9-16(10-12-18)14-28-22-23-15-24-25-22/h2-12,15H,13-14H2,1H3,(H,23,24,25). The van der Waals surface area contributed by atoms with Crippen molar-refractivity contribution in [1.29, 1.82) is 0 Å². The van der Waals surface area contributed by atoms with Gasteiger partial charge in [0.15, 0.2) is 5.16 Å². The van der Waals surface area contributed by atoms with E-state index in [1.807, 2.05) is 49.5 Å². The van der Waals surface area contributed by atoms with E-state index in [0.717, 1.165) is 22.0 Å². The van der Waals surface area contributed by atoms with Crippen molar-refractivity contribution in [2.75, 3.05) is 7.05 Å². The highest BCUT2D eigenvalue weighted by atomic mass is 32.2. The number of thioether (sulfide) groups is 1. The molecule has 1 aromatic heterocycles. The Labute approximate surface area is 167 Å². The SMILES string of the molecule is CN(Cc1cccc2ccccc12)C(=O)c1ccc(CSc2ncn[nH]2)cc1. The molecule has 0 saturated heterocycles. The molecule has 5 nitrogen and oxygen atoms in total. The number of nitrogens with zero attached hydrogens (tertiary/aromatic N) is 3. The van der Waals surface area contributed by atoms with E-state index in [9.17, 15) is 4.79 Å². The number of hydrogen-bond donors (Lipinski definition) is 1. The predicted molar refractivity (Wildman–Crippen MR) is 112 cm³/mol. The Balaban J connectivity index is 1.43. The first-order valence-electron chi connectivity index (χ1n) is 9.00. The largest absolute Gasteiger partial charge is 0.337 e. The van der Waals surface area contributed by atoms with Crippen LogP contribution in [-0.2, 0) is 12.3 Å². The zero-order valence-corrected chi connectivity index (χ0v) is 16.3. The minimum absolute atomic E-state index is 0.0161. The van der Waals surface area contributed by atoms with Crippen molar-refractivity contribution < 1.29 is 4.79 Å². The van der Waals surface area contributed by atoms with Crippen molar-refractivity contribution in [3.63, 3.8) is 0 Å². The molecular formula is C22H20N4OS. The molecule has 28 heavy (non-hydrogen) atoms. The molecular weight excluding hydrogens is 368 g/mol. The first kappa shape index (κ1) is 18.3. The van der Waals surface area contributed by atoms with Crippen LogP contribution in [0.1, 0.15) is 21.5 Å². The number of aromatic nitrogens is 3. The molecule has 0 spiro atoms. The number of carbonyl (C=O) groups excluding carboxylic acids is 1. The van der Waals surface area contributed by atoms with Crippen LogP contribution in [0.4, 0.5) is 0 Å². The zero-order valence-electron chi connectivity index (χ0n) is 15.5. The van der Waals surface area contributed by atoms with Crippen molar-refractivity contribution >= 4 is 28.4 Å². The zero-order chi connectivity index (χ0) is 19.3. The average Bonchev–Trinajstić information content (AvgIpc) is 3.26. The normalized spacial score (nSPS) is 10.9. The molecule has 0 saturated carbocycles. The van der Waals surface area contributed by atoms with Gasteiger partial charge in [-0.05, 0) is 34.0 Å². The summed E-state index contributed by atoms with van der Waals surface area (Å²) in [5.74, 6) is 0.789. The van der Waals surface area contributed by atoms with Gasteiger partial charge in [-0.3, -0.25) is 9.89 Å². The van der Waals surface area contributed by atoms with Gasteiger partial charge in [-0.1, -0.05) is 66.4 Å². The lowest BCUT2D eigenvalue weighted by atomic mass is 10.0. The van der Waals surface area contributed by atoms with Gasteiger partial charge in [0.1, 0.15) is 6.33 Å². The van der Waals surface area contributed by atoms with Gasteiger partial charge in [0.2, 0.25) is 0 Å². The topological polar surface area (TPSA) is 61.9 Å². The third-order valence-electron chi connectivity index (χ3n) is 4.60. The molecule has 1 heterocycles. The Bertz CT molecular complexity index is 1070. The maximum atomic E-state index is 12.8. The van der Waals surface area contributed by atoms with E-state index in [-0.39, 0.29) is 5.91 Å². The second kappa shape index (κ2) is 8.27. The molecule has 3 aromatic carbocycles. The van der Waals surface area contributed by atoms with E-state index >= 15 is 0 Å². The van der Waals surface area contributed by atoms with Gasteiger partial charge in [0.25, 0.3) is 5.91 Å². The van der Waals surface area contributed by atoms with Gasteiger partial charge < -0.3 is 4.90 Å². The van der Waals surface area contributed by atoms with Gasteiger partial charge in [-0.25, -0.2) is 4.98 Å². The first-order chi connectivity index (χ1) is 13.7. The van der Waals surface area contributed by atoms with Crippen LogP contribution in [-0.4, -0.2) is 33.0 Å². The van der Waals surface area contributed by atoms with Crippen LogP contribution in [0.2, 0.25) is 0 Å². The van der Waals surface area contributed by atoms with E-state index in [0.29, 0.717) is 12.1 Å². The van der Waals surface area contributed by atoms with Crippen LogP contribution in [0.5, 0.6) is 0 Å². The van der Waals surface area contributed by atoms with Crippen molar-refractivity contribution in [2.24, 2.45) is 0 Å². The molecule has 6 heteroatoms. The third kappa shape index (κ3) is 4.07. The van der Waals surface area contributed by atoms with Gasteiger partial charge in [0.05, 0.1) is 0 Å². The smallest absolute Gasteiger partial charge is 0.253 e. The fourth-order valence-corrected chi connectivity index (χ4v) is 3.87. The van der Waals surface area contributed by atoms with Gasteiger partial charge >= 0.3 is 0 Å². The maximum absolute atomic E-state index is 12.8. The molecule has 0 atom stereocenters. The number of benzene rings is 3. The van der Waals surface area contributed by atoms with Gasteiger partial charge in [-0.15, -0.1) is 0 Å². The summed E-state index contributed by atoms with van der Waals surface area (Å²) >= 11 is 1.58. The van der Waals surface area contributed by atoms with Crippen molar-refractivity contribution in [3.05, 3.63) is 89.7 Å². The molecule has 0 radical (unpaired) electrons. The molecule has 0 unspecified atom stereocenters. The highest BCUT2D eigenvalue weighted by Gasteiger charge is 2.13. The highest BCUT2D eigenvalue weighted by molar-refractivity contribution is 7.98. The number of nitrogens with one attached hydrogen (secondary N) is 1. The number of fused-ring (bicyclic) bond motifs is 1. The maximum Gasteiger partial charge on any atom is 0.253 e. The summed E-state index contributed by atoms with van der Waals surface area (Å²) in [5, 5.41) is 9.83. The molecule has 4 aromatic rings. The number of rotatable bonds is 6. The molecule has 0 aliphatic rings. The monoisotopic (exact) mass is 388 g/mol. The van der Waals surface area contributed by atoms with Crippen LogP contribution in [0.15, 0.2) is 78.2 Å². The Morgan fingerprint density at radius 2 is 1.82 bits per heavy atom. The highest BCUT2D eigenvalue weighted by Crippen LogP contribution is 2.21. The Morgan fingerprint density at radius 1 is 1.04 bits per heavy atom. The van der Waals surface area contributed by atoms with E-state index < -0.39 is 0 Å². The number of H-pyrrole nitrogens is 1. The third-order valence-corrected chi connectivity index (χ3v) is 5.55. The number of aromatic amines is 1. The number of carbonyl (C=O) groups is 1. The summed E-state index contributed by atoms with van der Waals surface area (Å²) < 4.78 is 0. The molecule has 0 aliphatic heterocycles. The van der Waals surface area contributed by atoms with Crippen LogP contribution >= 0.6 is 11.8 Å². The van der Waals surface area contributed by atoms with Crippen LogP contribution in [0.25, 0.3) is 10.8 Å². The second-order valence-electron chi connectivity index (χ2n) is 6.58. The molecule has 0 fully saturated rings. The lowest BCUT2D eigenvalue weighted by molar-refractivity contribution is 0.0785. The Kier molecular flexibility index (Phi) is 5.39. The number of hydrogen-bond acceptors (Lipinski definition) is 4. The molecule has 1 amide bonds. The van der Waals surface area contributed by atoms with E-state index in [4.69, 9.17) is 0 Å². The first-order valence-corrected chi connectivity index (χ1v) is 9.98. The van der Waals surface area contributed by atoms with Crippen LogP contribution in [0.3, 0.4) is 0 Å². The fraction of sp³-hybridized carbons (Fsp3) is 0.136. The molecule has 140 valence electrons. The van der Waals surface area contributed by atoms with E-state index in [2.05, 4.69) is 39.4 Å². The van der Waals surface area contributed by atoms with E-state index in [1.165, 1.54) is 17.1 Å². The molecule has 4 rings (SSSR count). The van der Waals surface area contributed by atoms with Crippen LogP contribution < -0.4 is 0 Å². The Hall–Kier alpha value is -3.12. The molecule has 1 N–H and O–H groups in total. The summed E-state index contributed by atoms with van der Waals surface area (Å²) in [6, 6.07) is 22.2. The van der Waals surface area contributed by atoms with Gasteiger partial charge in [0, 0.05) is 24.9 Å². The minimum Gasteiger partial charge on any atom is -0.337 e. The quantitative estimate of drug-likeness (QED) is 0.493. The summed E-state index contributed by atoms with van der Waals surface area (Å²) in [6.07, 6.45) is 1.50. The lowest BCUT2D eigenvalue weighted by Crippen LogP contribution is -2.26. The van der Waals surface area contributed by atoms with E-state index in [1.54, 1.807) is 16.7 Å². The predicted octanol–water partition coefficient (Wildman–Crippen LogP) is 4.52. The van der Waals surface area contributed by atoms with Crippen molar-refractivity contribution in [3.8, 4) is 0 Å². The summed E-state index contributed by atoms with van der Waals surface area (Å²) in [6.45, 7) is 0.573. The van der Waals surface area contributed by atoms with Crippen molar-refractivity contribution in [2.45, 2.75) is 17.5 Å². The average molecular weight is 388 g/mol. The van der Waals surface area contributed by atoms with Crippen molar-refractivity contribution in [1.82, 2.24) is 20.1 Å². The summed E-state index contributed by atoms with van der Waals surface area (Å²) in [4.78, 5) is 18.7. The van der Waals surface area contributed by atoms with Crippen LogP contribution in [0, 0.1) is 0 Å². The molecule has 0 aliphatic carbocycles. The molecule has 0 bridgehead atoms. The minimum atomic E-state index is 0.0161. The Morgan fingerprint density at radius 3 is 2.61 bits per heavy atom. The fourth-order valence-electron chi connectivity index (χ4n) is 3.14. The second-order valence-corrected chi connectivity index (χ2v) is 7.54. The van der Waals surface area contributed by atoms with Gasteiger partial charge in [-0.2, -0.15) is 5.10 Å². The summed E-state index contributed by atoms with van der Waals surface area (Å²) in [7, 11) is 1.85. The number of amides is 1. The lowest BCUT2D eigenvalue weighted by Gasteiger charge is -2.19. The summed E-state index contributed by atoms with van der Waals surface area (Å²) in [5.41, 5.74) is 2.97.